The van der Waals surface area contributed by atoms with E-state index in [0.717, 1.165) is 11.3 Å². The molecule has 1 heterocycles. The van der Waals surface area contributed by atoms with E-state index < -0.39 is 5.54 Å². The number of anilines is 1. The number of carbonyl (C=O) groups excluding carboxylic acids is 1. The number of hydrogen-bond donors (Lipinski definition) is 2. The first-order chi connectivity index (χ1) is 8.46. The minimum atomic E-state index is -0.653. The van der Waals surface area contributed by atoms with Gasteiger partial charge in [0.25, 0.3) is 0 Å². The Morgan fingerprint density at radius 1 is 1.50 bits per heavy atom. The summed E-state index contributed by atoms with van der Waals surface area (Å²) >= 11 is 0. The third-order valence-corrected chi connectivity index (χ3v) is 3.40. The third kappa shape index (κ3) is 2.06. The summed E-state index contributed by atoms with van der Waals surface area (Å²) in [4.78, 5) is 13.9. The molecule has 1 aromatic carbocycles. The van der Waals surface area contributed by atoms with Gasteiger partial charge in [0.2, 0.25) is 5.91 Å². The molecule has 0 aromatic heterocycles. The van der Waals surface area contributed by atoms with Gasteiger partial charge in [-0.05, 0) is 37.6 Å². The molecule has 3 N–H and O–H groups in total. The first-order valence-corrected chi connectivity index (χ1v) is 6.01. The zero-order valence-electron chi connectivity index (χ0n) is 10.7. The summed E-state index contributed by atoms with van der Waals surface area (Å²) in [7, 11) is 0. The van der Waals surface area contributed by atoms with Crippen molar-refractivity contribution >= 4 is 11.6 Å². The summed E-state index contributed by atoms with van der Waals surface area (Å²) in [6, 6.07) is 4.52. The first kappa shape index (κ1) is 12.8. The molecule has 0 saturated carbocycles. The van der Waals surface area contributed by atoms with E-state index in [0.29, 0.717) is 13.1 Å². The molecule has 1 fully saturated rings. The maximum absolute atomic E-state index is 13.2. The molecule has 1 saturated heterocycles. The molecule has 4 nitrogen and oxygen atoms in total. The third-order valence-electron chi connectivity index (χ3n) is 3.40. The van der Waals surface area contributed by atoms with Crippen molar-refractivity contribution in [2.75, 3.05) is 18.0 Å². The Hall–Kier alpha value is -1.62. The standard InChI is InChI=1S/C13H18FN3O/c1-13(2)12(18)16-5-6-17(13)11-4-3-10(14)7-9(11)8-15/h3-4,7H,5-6,8,15H2,1-2H3,(H,16,18). The molecular formula is C13H18FN3O. The van der Waals surface area contributed by atoms with E-state index in [-0.39, 0.29) is 18.3 Å². The predicted octanol–water partition coefficient (Wildman–Crippen LogP) is 0.999. The highest BCUT2D eigenvalue weighted by molar-refractivity contribution is 5.90. The van der Waals surface area contributed by atoms with E-state index in [2.05, 4.69) is 5.32 Å². The number of amides is 1. The number of piperazine rings is 1. The number of halogens is 1. The predicted molar refractivity (Wildman–Crippen MR) is 68.7 cm³/mol. The summed E-state index contributed by atoms with van der Waals surface area (Å²) in [6.45, 7) is 5.23. The van der Waals surface area contributed by atoms with Gasteiger partial charge in [-0.3, -0.25) is 4.79 Å². The van der Waals surface area contributed by atoms with E-state index in [1.807, 2.05) is 18.7 Å². The molecule has 5 heteroatoms. The van der Waals surface area contributed by atoms with Crippen molar-refractivity contribution in [3.63, 3.8) is 0 Å². The molecule has 0 aliphatic carbocycles. The molecule has 98 valence electrons. The molecule has 0 atom stereocenters. The van der Waals surface area contributed by atoms with Gasteiger partial charge >= 0.3 is 0 Å². The van der Waals surface area contributed by atoms with Crippen LogP contribution in [-0.2, 0) is 11.3 Å². The van der Waals surface area contributed by atoms with E-state index in [1.54, 1.807) is 6.07 Å². The van der Waals surface area contributed by atoms with Gasteiger partial charge in [-0.25, -0.2) is 4.39 Å². The van der Waals surface area contributed by atoms with Gasteiger partial charge in [-0.15, -0.1) is 0 Å². The van der Waals surface area contributed by atoms with E-state index in [4.69, 9.17) is 5.73 Å². The zero-order chi connectivity index (χ0) is 13.3. The first-order valence-electron chi connectivity index (χ1n) is 6.01. The van der Waals surface area contributed by atoms with Gasteiger partial charge in [-0.2, -0.15) is 0 Å². The maximum atomic E-state index is 13.2. The van der Waals surface area contributed by atoms with Crippen LogP contribution in [0.2, 0.25) is 0 Å². The minimum Gasteiger partial charge on any atom is -0.355 e. The number of benzene rings is 1. The highest BCUT2D eigenvalue weighted by atomic mass is 19.1. The quantitative estimate of drug-likeness (QED) is 0.824. The Labute approximate surface area is 106 Å². The van der Waals surface area contributed by atoms with Gasteiger partial charge < -0.3 is 16.0 Å². The number of hydrogen-bond acceptors (Lipinski definition) is 3. The van der Waals surface area contributed by atoms with Crippen molar-refractivity contribution in [1.82, 2.24) is 5.32 Å². The molecule has 1 aliphatic rings. The summed E-state index contributed by atoms with van der Waals surface area (Å²) in [6.07, 6.45) is 0. The monoisotopic (exact) mass is 251 g/mol. The van der Waals surface area contributed by atoms with Crippen LogP contribution in [0.3, 0.4) is 0 Å². The topological polar surface area (TPSA) is 58.4 Å². The molecule has 0 radical (unpaired) electrons. The summed E-state index contributed by atoms with van der Waals surface area (Å²) < 4.78 is 13.2. The van der Waals surface area contributed by atoms with Crippen molar-refractivity contribution in [1.29, 1.82) is 0 Å². The van der Waals surface area contributed by atoms with Crippen LogP contribution < -0.4 is 16.0 Å². The van der Waals surface area contributed by atoms with Crippen LogP contribution in [0.1, 0.15) is 19.4 Å². The zero-order valence-corrected chi connectivity index (χ0v) is 10.7. The van der Waals surface area contributed by atoms with E-state index in [9.17, 15) is 9.18 Å². The van der Waals surface area contributed by atoms with Crippen LogP contribution in [0.4, 0.5) is 10.1 Å². The molecular weight excluding hydrogens is 233 g/mol. The Balaban J connectivity index is 2.44. The fourth-order valence-electron chi connectivity index (χ4n) is 2.30. The highest BCUT2D eigenvalue weighted by Gasteiger charge is 2.38. The van der Waals surface area contributed by atoms with Crippen LogP contribution >= 0.6 is 0 Å². The van der Waals surface area contributed by atoms with Gasteiger partial charge in [-0.1, -0.05) is 0 Å². The van der Waals surface area contributed by atoms with Gasteiger partial charge in [0.1, 0.15) is 11.4 Å². The average Bonchev–Trinajstić information content (AvgIpc) is 2.33. The number of carbonyl (C=O) groups is 1. The molecule has 1 aliphatic heterocycles. The maximum Gasteiger partial charge on any atom is 0.245 e. The molecule has 0 bridgehead atoms. The van der Waals surface area contributed by atoms with Crippen molar-refractivity contribution in [2.24, 2.45) is 5.73 Å². The van der Waals surface area contributed by atoms with Crippen molar-refractivity contribution in [2.45, 2.75) is 25.9 Å². The fraction of sp³-hybridized carbons (Fsp3) is 0.462. The van der Waals surface area contributed by atoms with Gasteiger partial charge in [0, 0.05) is 25.3 Å². The van der Waals surface area contributed by atoms with E-state index in [1.165, 1.54) is 12.1 Å². The van der Waals surface area contributed by atoms with Gasteiger partial charge in [0.15, 0.2) is 0 Å². The summed E-state index contributed by atoms with van der Waals surface area (Å²) in [5, 5.41) is 2.83. The van der Waals surface area contributed by atoms with Crippen LogP contribution in [0, 0.1) is 5.82 Å². The number of rotatable bonds is 2. The van der Waals surface area contributed by atoms with Crippen LogP contribution in [0.5, 0.6) is 0 Å². The fourth-order valence-corrected chi connectivity index (χ4v) is 2.30. The Kier molecular flexibility index (Phi) is 3.26. The molecule has 1 aromatic rings. The lowest BCUT2D eigenvalue weighted by atomic mass is 9.96. The lowest BCUT2D eigenvalue weighted by Crippen LogP contribution is -2.62. The van der Waals surface area contributed by atoms with Crippen LogP contribution in [0.25, 0.3) is 0 Å². The number of nitrogens with two attached hydrogens (primary N) is 1. The molecule has 0 unspecified atom stereocenters. The lowest BCUT2D eigenvalue weighted by Gasteiger charge is -2.43. The summed E-state index contributed by atoms with van der Waals surface area (Å²) in [5.74, 6) is -0.334. The van der Waals surface area contributed by atoms with Crippen molar-refractivity contribution in [3.05, 3.63) is 29.6 Å². The highest BCUT2D eigenvalue weighted by Crippen LogP contribution is 2.29. The second kappa shape index (κ2) is 4.57. The van der Waals surface area contributed by atoms with Crippen molar-refractivity contribution in [3.8, 4) is 0 Å². The van der Waals surface area contributed by atoms with Crippen LogP contribution in [-0.4, -0.2) is 24.5 Å². The largest absolute Gasteiger partial charge is 0.355 e. The Bertz CT molecular complexity index is 473. The molecule has 2 rings (SSSR count). The smallest absolute Gasteiger partial charge is 0.245 e. The molecule has 0 spiro atoms. The SMILES string of the molecule is CC1(C)C(=O)NCCN1c1ccc(F)cc1CN. The Morgan fingerprint density at radius 2 is 2.22 bits per heavy atom. The average molecular weight is 251 g/mol. The van der Waals surface area contributed by atoms with Crippen molar-refractivity contribution < 1.29 is 9.18 Å². The second-order valence-electron chi connectivity index (χ2n) is 4.94. The normalized spacial score (nSPS) is 18.7. The Morgan fingerprint density at radius 3 is 2.89 bits per heavy atom. The molecule has 18 heavy (non-hydrogen) atoms. The lowest BCUT2D eigenvalue weighted by molar-refractivity contribution is -0.126. The second-order valence-corrected chi connectivity index (χ2v) is 4.94. The number of nitrogens with zero attached hydrogens (tertiary/aromatic N) is 1. The summed E-state index contributed by atoms with van der Waals surface area (Å²) in [5.41, 5.74) is 6.56. The number of nitrogens with one attached hydrogen (secondary N) is 1. The van der Waals surface area contributed by atoms with Gasteiger partial charge in [0.05, 0.1) is 0 Å². The van der Waals surface area contributed by atoms with Crippen LogP contribution in [0.15, 0.2) is 18.2 Å². The van der Waals surface area contributed by atoms with E-state index >= 15 is 0 Å². The minimum absolute atomic E-state index is 0.0268. The molecule has 1 amide bonds.